The van der Waals surface area contributed by atoms with Gasteiger partial charge >= 0.3 is 0 Å². The highest BCUT2D eigenvalue weighted by Gasteiger charge is 2.15. The second kappa shape index (κ2) is 10.4. The molecule has 4 rings (SSSR count). The molecule has 0 aliphatic heterocycles. The Morgan fingerprint density at radius 2 is 1.97 bits per heavy atom. The SMILES string of the molecule is CCCC=Nc1ccc(-c2cc(Oc3ccc(SC)nc3)nn2-c2cccc(C)n2)cc1C. The molecular weight excluding hydrogens is 430 g/mol. The minimum Gasteiger partial charge on any atom is -0.436 e. The zero-order valence-electron chi connectivity index (χ0n) is 19.3. The maximum atomic E-state index is 6.04. The number of ether oxygens (including phenoxy) is 1. The van der Waals surface area contributed by atoms with Gasteiger partial charge in [-0.1, -0.05) is 25.5 Å². The predicted octanol–water partition coefficient (Wildman–Crippen LogP) is 6.96. The topological polar surface area (TPSA) is 65.2 Å². The number of aliphatic imine (C=N–C) groups is 1. The molecule has 3 heterocycles. The van der Waals surface area contributed by atoms with Gasteiger partial charge < -0.3 is 4.74 Å². The first-order chi connectivity index (χ1) is 16.1. The van der Waals surface area contributed by atoms with Gasteiger partial charge in [-0.15, -0.1) is 16.9 Å². The van der Waals surface area contributed by atoms with Crippen molar-refractivity contribution in [1.82, 2.24) is 19.7 Å². The van der Waals surface area contributed by atoms with E-state index in [2.05, 4.69) is 40.9 Å². The first kappa shape index (κ1) is 22.7. The van der Waals surface area contributed by atoms with Crippen molar-refractivity contribution in [3.05, 3.63) is 72.1 Å². The molecule has 0 bridgehead atoms. The fraction of sp³-hybridized carbons (Fsp3) is 0.231. The number of aryl methyl sites for hydroxylation is 2. The van der Waals surface area contributed by atoms with Gasteiger partial charge in [-0.25, -0.2) is 14.6 Å². The number of pyridine rings is 2. The van der Waals surface area contributed by atoms with E-state index in [9.17, 15) is 0 Å². The number of unbranched alkanes of at least 4 members (excludes halogenated alkanes) is 1. The second-order valence-electron chi connectivity index (χ2n) is 7.66. The van der Waals surface area contributed by atoms with E-state index in [0.717, 1.165) is 51.9 Å². The van der Waals surface area contributed by atoms with Crippen LogP contribution in [-0.2, 0) is 0 Å². The van der Waals surface area contributed by atoms with Crippen LogP contribution in [0.1, 0.15) is 31.0 Å². The lowest BCUT2D eigenvalue weighted by Gasteiger charge is -2.09. The van der Waals surface area contributed by atoms with Gasteiger partial charge in [-0.3, -0.25) is 4.99 Å². The van der Waals surface area contributed by atoms with Crippen molar-refractivity contribution >= 4 is 23.7 Å². The number of benzene rings is 1. The maximum Gasteiger partial charge on any atom is 0.239 e. The van der Waals surface area contributed by atoms with Crippen LogP contribution in [0.3, 0.4) is 0 Å². The fourth-order valence-corrected chi connectivity index (χ4v) is 3.72. The van der Waals surface area contributed by atoms with Gasteiger partial charge in [0.1, 0.15) is 5.75 Å². The third-order valence-electron chi connectivity index (χ3n) is 5.06. The third-order valence-corrected chi connectivity index (χ3v) is 5.72. The molecular formula is C26H27N5OS. The normalized spacial score (nSPS) is 11.3. The van der Waals surface area contributed by atoms with Crippen LogP contribution in [0.4, 0.5) is 5.69 Å². The average molecular weight is 458 g/mol. The lowest BCUT2D eigenvalue weighted by Crippen LogP contribution is -2.03. The standard InChI is InChI=1S/C26H27N5OS/c1-5-6-14-27-22-12-10-20(15-18(22)2)23-16-25(32-21-11-13-26(33-4)28-17-21)30-31(23)24-9-7-8-19(3)29-24/h7-17H,5-6H2,1-4H3. The number of hydrogen-bond donors (Lipinski definition) is 0. The minimum absolute atomic E-state index is 0.481. The molecule has 0 amide bonds. The van der Waals surface area contributed by atoms with Crippen molar-refractivity contribution in [2.24, 2.45) is 4.99 Å². The number of hydrogen-bond acceptors (Lipinski definition) is 6. The molecule has 0 N–H and O–H groups in total. The van der Waals surface area contributed by atoms with E-state index in [4.69, 9.17) is 9.84 Å². The van der Waals surface area contributed by atoms with Crippen LogP contribution in [0.15, 0.2) is 70.8 Å². The van der Waals surface area contributed by atoms with Gasteiger partial charge in [-0.05, 0) is 68.5 Å². The third kappa shape index (κ3) is 5.49. The van der Waals surface area contributed by atoms with E-state index in [-0.39, 0.29) is 0 Å². The summed E-state index contributed by atoms with van der Waals surface area (Å²) in [6.07, 6.45) is 7.74. The van der Waals surface area contributed by atoms with Crippen LogP contribution in [0.25, 0.3) is 17.1 Å². The Bertz CT molecular complexity index is 1260. The quantitative estimate of drug-likeness (QED) is 0.211. The summed E-state index contributed by atoms with van der Waals surface area (Å²) in [5.41, 5.74) is 4.91. The molecule has 1 aromatic carbocycles. The zero-order chi connectivity index (χ0) is 23.2. The number of nitrogens with zero attached hydrogens (tertiary/aromatic N) is 5. The smallest absolute Gasteiger partial charge is 0.239 e. The van der Waals surface area contributed by atoms with Crippen LogP contribution in [0.5, 0.6) is 11.6 Å². The number of rotatable bonds is 8. The van der Waals surface area contributed by atoms with E-state index < -0.39 is 0 Å². The van der Waals surface area contributed by atoms with E-state index in [1.165, 1.54) is 0 Å². The molecule has 7 heteroatoms. The Morgan fingerprint density at radius 3 is 2.67 bits per heavy atom. The molecule has 33 heavy (non-hydrogen) atoms. The van der Waals surface area contributed by atoms with Crippen LogP contribution < -0.4 is 4.74 Å². The van der Waals surface area contributed by atoms with Crippen molar-refractivity contribution < 1.29 is 4.74 Å². The van der Waals surface area contributed by atoms with Crippen molar-refractivity contribution in [1.29, 1.82) is 0 Å². The Morgan fingerprint density at radius 1 is 1.09 bits per heavy atom. The summed E-state index contributed by atoms with van der Waals surface area (Å²) in [7, 11) is 0. The van der Waals surface area contributed by atoms with Gasteiger partial charge in [0.2, 0.25) is 5.88 Å². The van der Waals surface area contributed by atoms with E-state index in [0.29, 0.717) is 11.6 Å². The van der Waals surface area contributed by atoms with Crippen molar-refractivity contribution in [2.45, 2.75) is 38.6 Å². The minimum atomic E-state index is 0.481. The summed E-state index contributed by atoms with van der Waals surface area (Å²) in [5.74, 6) is 1.85. The van der Waals surface area contributed by atoms with Crippen LogP contribution >= 0.6 is 11.8 Å². The van der Waals surface area contributed by atoms with Crippen LogP contribution in [-0.4, -0.2) is 32.2 Å². The molecule has 4 aromatic rings. The van der Waals surface area contributed by atoms with Gasteiger partial charge in [0.15, 0.2) is 5.82 Å². The lowest BCUT2D eigenvalue weighted by molar-refractivity contribution is 0.454. The van der Waals surface area contributed by atoms with Crippen molar-refractivity contribution in [3.63, 3.8) is 0 Å². The van der Waals surface area contributed by atoms with Crippen molar-refractivity contribution in [3.8, 4) is 28.7 Å². The molecule has 0 spiro atoms. The van der Waals surface area contributed by atoms with Crippen LogP contribution in [0, 0.1) is 13.8 Å². The molecule has 3 aromatic heterocycles. The van der Waals surface area contributed by atoms with Gasteiger partial charge in [0, 0.05) is 23.5 Å². The molecule has 0 saturated carbocycles. The number of thioether (sulfide) groups is 1. The zero-order valence-corrected chi connectivity index (χ0v) is 20.1. The highest BCUT2D eigenvalue weighted by molar-refractivity contribution is 7.98. The molecule has 168 valence electrons. The van der Waals surface area contributed by atoms with Gasteiger partial charge in [0.05, 0.1) is 22.6 Å². The fourth-order valence-electron chi connectivity index (χ4n) is 3.36. The molecule has 0 unspecified atom stereocenters. The van der Waals surface area contributed by atoms with Gasteiger partial charge in [0.25, 0.3) is 0 Å². The summed E-state index contributed by atoms with van der Waals surface area (Å²) < 4.78 is 7.86. The second-order valence-corrected chi connectivity index (χ2v) is 8.48. The summed E-state index contributed by atoms with van der Waals surface area (Å²) >= 11 is 1.59. The molecule has 0 aliphatic carbocycles. The lowest BCUT2D eigenvalue weighted by atomic mass is 10.1. The van der Waals surface area contributed by atoms with Crippen LogP contribution in [0.2, 0.25) is 0 Å². The Hall–Kier alpha value is -3.45. The van der Waals surface area contributed by atoms with E-state index in [1.807, 2.05) is 66.5 Å². The Kier molecular flexibility index (Phi) is 7.19. The summed E-state index contributed by atoms with van der Waals surface area (Å²) in [4.78, 5) is 13.7. The largest absolute Gasteiger partial charge is 0.436 e. The Labute approximate surface area is 198 Å². The molecule has 0 atom stereocenters. The first-order valence-corrected chi connectivity index (χ1v) is 12.2. The first-order valence-electron chi connectivity index (χ1n) is 10.9. The number of aromatic nitrogens is 4. The molecule has 0 saturated heterocycles. The molecule has 6 nitrogen and oxygen atoms in total. The highest BCUT2D eigenvalue weighted by atomic mass is 32.2. The molecule has 0 aliphatic rings. The molecule has 0 fully saturated rings. The maximum absolute atomic E-state index is 6.04. The van der Waals surface area contributed by atoms with E-state index in [1.54, 1.807) is 18.0 Å². The van der Waals surface area contributed by atoms with E-state index >= 15 is 0 Å². The summed E-state index contributed by atoms with van der Waals surface area (Å²) in [6, 6.07) is 17.9. The van der Waals surface area contributed by atoms with Crippen molar-refractivity contribution in [2.75, 3.05) is 6.26 Å². The monoisotopic (exact) mass is 457 g/mol. The highest BCUT2D eigenvalue weighted by Crippen LogP contribution is 2.32. The average Bonchev–Trinajstić information content (AvgIpc) is 3.24. The predicted molar refractivity (Wildman–Crippen MR) is 135 cm³/mol. The molecule has 0 radical (unpaired) electrons. The Balaban J connectivity index is 1.73. The summed E-state index contributed by atoms with van der Waals surface area (Å²) in [6.45, 7) is 6.19. The van der Waals surface area contributed by atoms with Gasteiger partial charge in [-0.2, -0.15) is 0 Å². The summed E-state index contributed by atoms with van der Waals surface area (Å²) in [5, 5.41) is 5.66.